The van der Waals surface area contributed by atoms with Crippen LogP contribution in [0.3, 0.4) is 0 Å². The number of pyridine rings is 2. The van der Waals surface area contributed by atoms with Gasteiger partial charge in [-0.3, -0.25) is 4.79 Å². The molecule has 44 heavy (non-hydrogen) atoms. The number of fused-ring (bicyclic) bond motifs is 2. The summed E-state index contributed by atoms with van der Waals surface area (Å²) < 4.78 is 40.3. The number of hydrogen-bond acceptors (Lipinski definition) is 11. The second kappa shape index (κ2) is 19.3. The number of nitrogens with zero attached hydrogens (tertiary/aromatic N) is 6. The van der Waals surface area contributed by atoms with Crippen molar-refractivity contribution in [1.82, 2.24) is 19.2 Å². The van der Waals surface area contributed by atoms with E-state index in [1.165, 1.54) is 24.5 Å². The van der Waals surface area contributed by atoms with Crippen molar-refractivity contribution in [3.8, 4) is 23.6 Å². The van der Waals surface area contributed by atoms with Crippen LogP contribution in [0.2, 0.25) is 0 Å². The fraction of sp³-hybridized carbons (Fsp3) is 0.320. The molecule has 0 bridgehead atoms. The molecule has 13 nitrogen and oxygen atoms in total. The Morgan fingerprint density at radius 2 is 1.52 bits per heavy atom. The van der Waals surface area contributed by atoms with Crippen LogP contribution < -0.4 is 113 Å². The second-order valence-electron chi connectivity index (χ2n) is 9.52. The van der Waals surface area contributed by atoms with Crippen LogP contribution in [0.5, 0.6) is 11.5 Å². The molecule has 5 heterocycles. The van der Waals surface area contributed by atoms with Crippen LogP contribution in [-0.2, 0) is 14.4 Å². The Balaban J connectivity index is 0. The largest absolute Gasteiger partial charge is 1.00 e. The second-order valence-corrected chi connectivity index (χ2v) is 11.2. The molecule has 0 aromatic carbocycles. The third-order valence-electron chi connectivity index (χ3n) is 4.88. The van der Waals surface area contributed by atoms with Gasteiger partial charge in [0.2, 0.25) is 0 Å². The predicted molar refractivity (Wildman–Crippen MR) is 147 cm³/mol. The van der Waals surface area contributed by atoms with Gasteiger partial charge in [-0.05, 0) is 59.6 Å². The van der Waals surface area contributed by atoms with Gasteiger partial charge in [0.1, 0.15) is 29.8 Å². The monoisotopic (exact) mass is 794 g/mol. The van der Waals surface area contributed by atoms with Crippen molar-refractivity contribution in [2.75, 3.05) is 13.2 Å². The number of hydrogen-bond donors (Lipinski definition) is 2. The average Bonchev–Trinajstić information content (AvgIpc) is 3.32. The molecule has 1 aliphatic rings. The maximum atomic E-state index is 14.1. The fourth-order valence-electron chi connectivity index (χ4n) is 2.82. The van der Waals surface area contributed by atoms with Gasteiger partial charge in [0, 0.05) is 21.1 Å². The minimum Gasteiger partial charge on any atom is -1.00 e. The van der Waals surface area contributed by atoms with E-state index in [1.807, 2.05) is 12.1 Å². The summed E-state index contributed by atoms with van der Waals surface area (Å²) in [7, 11) is 0. The van der Waals surface area contributed by atoms with Crippen LogP contribution in [0.1, 0.15) is 40.2 Å². The van der Waals surface area contributed by atoms with E-state index in [4.69, 9.17) is 35.2 Å². The molecule has 0 saturated carbocycles. The zero-order valence-corrected chi connectivity index (χ0v) is 33.8. The summed E-state index contributed by atoms with van der Waals surface area (Å²) in [6.07, 6.45) is 2.52. The Labute approximate surface area is 353 Å². The first-order valence-electron chi connectivity index (χ1n) is 11.5. The van der Waals surface area contributed by atoms with E-state index < -0.39 is 23.2 Å². The van der Waals surface area contributed by atoms with Crippen LogP contribution in [0.15, 0.2) is 33.5 Å². The van der Waals surface area contributed by atoms with Gasteiger partial charge in [-0.15, -0.1) is 0 Å². The smallest absolute Gasteiger partial charge is 1.00 e. The number of epoxide rings is 1. The number of carbonyl (C=O) groups is 1. The molecule has 226 valence electrons. The van der Waals surface area contributed by atoms with Crippen molar-refractivity contribution in [2.45, 2.75) is 38.9 Å². The van der Waals surface area contributed by atoms with Crippen molar-refractivity contribution < 1.29 is 148 Å². The number of nitriles is 2. The minimum atomic E-state index is -1.07. The standard InChI is InChI=1S/C12H11BrFN3O2.C8H3BrFN3O.C4H8O.CH2O3.2K.H/c1-12(2,18)6-19-9-3-8(13)10-7(4-15)5-16-17(10)11(9)14;9-5-1-6(14)8(10)13-7(5)4(2-11)3-12-13;1-4(2)3-5-4;2-1-4-3;;;/h3,5,18H,6H2,1-2H3;1,3,14H;3H2,1-2H3;1,3H;;;/q;;;;2*+1;-1/p-1. The van der Waals surface area contributed by atoms with Gasteiger partial charge in [0.05, 0.1) is 41.3 Å². The van der Waals surface area contributed by atoms with Crippen LogP contribution >= 0.6 is 31.9 Å². The molecular formula is C25H24Br2F2K2N6O7. The molecular weight excluding hydrogens is 772 g/mol. The molecule has 1 saturated heterocycles. The van der Waals surface area contributed by atoms with Gasteiger partial charge in [-0.2, -0.15) is 29.5 Å². The number of aromatic hydroxyl groups is 1. The fourth-order valence-corrected chi connectivity index (χ4v) is 4.01. The van der Waals surface area contributed by atoms with Gasteiger partial charge in [-0.25, -0.2) is 9.03 Å². The van der Waals surface area contributed by atoms with Crippen molar-refractivity contribution in [1.29, 1.82) is 10.5 Å². The quantitative estimate of drug-likeness (QED) is 0.0551. The predicted octanol–water partition coefficient (Wildman–Crippen LogP) is -2.58. The number of halogens is 4. The summed E-state index contributed by atoms with van der Waals surface area (Å²) in [4.78, 5) is 11.2. The zero-order valence-electron chi connectivity index (χ0n) is 25.4. The topological polar surface area (TPSA) is 194 Å². The Morgan fingerprint density at radius 1 is 1.11 bits per heavy atom. The third-order valence-corrected chi connectivity index (χ3v) is 6.09. The Bertz CT molecular complexity index is 1670. The molecule has 1 fully saturated rings. The van der Waals surface area contributed by atoms with Gasteiger partial charge in [0.15, 0.2) is 11.5 Å². The van der Waals surface area contributed by atoms with E-state index in [2.05, 4.69) is 60.8 Å². The molecule has 19 heteroatoms. The normalized spacial score (nSPS) is 12.2. The molecule has 4 aromatic heterocycles. The summed E-state index contributed by atoms with van der Waals surface area (Å²) in [5.41, 5.74) is 0.338. The van der Waals surface area contributed by atoms with Gasteiger partial charge < -0.3 is 31.3 Å². The molecule has 0 amide bonds. The van der Waals surface area contributed by atoms with Crippen LogP contribution in [-0.4, -0.2) is 60.3 Å². The number of rotatable bonds is 4. The molecule has 0 atom stereocenters. The van der Waals surface area contributed by atoms with E-state index in [1.54, 1.807) is 13.8 Å². The van der Waals surface area contributed by atoms with E-state index >= 15 is 0 Å². The number of carbonyl (C=O) groups excluding carboxylic acids is 1. The summed E-state index contributed by atoms with van der Waals surface area (Å²) in [6, 6.07) is 6.41. The molecule has 0 unspecified atom stereocenters. The summed E-state index contributed by atoms with van der Waals surface area (Å²) in [6.45, 7) is 7.97. The minimum absolute atomic E-state index is 0. The molecule has 2 N–H and O–H groups in total. The molecule has 0 aliphatic carbocycles. The Kier molecular flexibility index (Phi) is 19.0. The summed E-state index contributed by atoms with van der Waals surface area (Å²) >= 11 is 6.37. The third kappa shape index (κ3) is 12.5. The van der Waals surface area contributed by atoms with E-state index in [-0.39, 0.29) is 140 Å². The molecule has 1 aliphatic heterocycles. The van der Waals surface area contributed by atoms with Crippen LogP contribution in [0, 0.1) is 34.6 Å². The van der Waals surface area contributed by atoms with Gasteiger partial charge in [0.25, 0.3) is 18.4 Å². The van der Waals surface area contributed by atoms with Gasteiger partial charge in [-0.1, -0.05) is 0 Å². The van der Waals surface area contributed by atoms with Crippen molar-refractivity contribution >= 4 is 49.4 Å². The van der Waals surface area contributed by atoms with Crippen LogP contribution in [0.25, 0.3) is 11.0 Å². The van der Waals surface area contributed by atoms with E-state index in [0.29, 0.717) is 20.0 Å². The molecule has 4 aromatic rings. The van der Waals surface area contributed by atoms with Crippen molar-refractivity contribution in [3.63, 3.8) is 0 Å². The number of ether oxygens (including phenoxy) is 2. The molecule has 5 rings (SSSR count). The maximum absolute atomic E-state index is 14.1. The number of aliphatic hydroxyl groups is 1. The first-order chi connectivity index (χ1) is 19.6. The molecule has 0 radical (unpaired) electrons. The van der Waals surface area contributed by atoms with Crippen molar-refractivity contribution in [3.05, 3.63) is 56.5 Å². The van der Waals surface area contributed by atoms with E-state index in [9.17, 15) is 13.9 Å². The number of aromatic nitrogens is 4. The van der Waals surface area contributed by atoms with E-state index in [0.717, 1.165) is 15.6 Å². The Hall–Kier alpha value is -0.597. The van der Waals surface area contributed by atoms with Gasteiger partial charge >= 0.3 is 103 Å². The zero-order chi connectivity index (χ0) is 31.8. The summed E-state index contributed by atoms with van der Waals surface area (Å²) in [5.74, 6) is -2.17. The maximum Gasteiger partial charge on any atom is 1.00 e. The van der Waals surface area contributed by atoms with Crippen LogP contribution in [0.4, 0.5) is 8.78 Å². The van der Waals surface area contributed by atoms with Crippen molar-refractivity contribution in [2.24, 2.45) is 0 Å². The first-order valence-corrected chi connectivity index (χ1v) is 13.1. The average molecular weight is 797 g/mol. The molecule has 0 spiro atoms. The summed E-state index contributed by atoms with van der Waals surface area (Å²) in [5, 5.41) is 52.2. The SMILES string of the molecule is CC(C)(O)COc1cc(Br)c2c(C#N)cnn2c1F.CC1(C)CO1.N#Cc1cnn2c(F)c(O)cc(Br)c12.O=CO[O-].[H-].[K+].[K+]. The Morgan fingerprint density at radius 3 is 1.89 bits per heavy atom. The first kappa shape index (κ1) is 43.4.